The molecule has 0 saturated heterocycles. The highest BCUT2D eigenvalue weighted by atomic mass is 28.3. The second kappa shape index (κ2) is 12.6. The molecule has 0 aliphatic heterocycles. The van der Waals surface area contributed by atoms with Crippen molar-refractivity contribution in [1.29, 1.82) is 15.8 Å². The summed E-state index contributed by atoms with van der Waals surface area (Å²) in [7, 11) is -2.81. The molecule has 5 heteroatoms. The van der Waals surface area contributed by atoms with E-state index in [4.69, 9.17) is 0 Å². The summed E-state index contributed by atoms with van der Waals surface area (Å²) in [6.07, 6.45) is 0. The fraction of sp³-hybridized carbons (Fsp3) is 0. The number of hydrogen-bond donors (Lipinski definition) is 0. The van der Waals surface area contributed by atoms with Gasteiger partial charge in [0.2, 0.25) is 0 Å². The molecule has 1 heterocycles. The van der Waals surface area contributed by atoms with E-state index in [9.17, 15) is 15.8 Å². The molecule has 0 saturated carbocycles. The van der Waals surface area contributed by atoms with E-state index >= 15 is 0 Å². The van der Waals surface area contributed by atoms with E-state index in [1.54, 1.807) is 0 Å². The summed E-state index contributed by atoms with van der Waals surface area (Å²) in [6, 6.07) is 65.4. The van der Waals surface area contributed by atoms with E-state index in [2.05, 4.69) is 138 Å². The molecular weight excluding hydrogens is 625 g/mol. The van der Waals surface area contributed by atoms with Gasteiger partial charge in [-0.05, 0) is 80.9 Å². The summed E-state index contributed by atoms with van der Waals surface area (Å²) >= 11 is 0. The van der Waals surface area contributed by atoms with Crippen LogP contribution in [-0.2, 0) is 0 Å². The van der Waals surface area contributed by atoms with E-state index in [0.29, 0.717) is 16.7 Å². The number of aromatic nitrogens is 1. The van der Waals surface area contributed by atoms with Crippen molar-refractivity contribution >= 4 is 50.6 Å². The number of hydrogen-bond acceptors (Lipinski definition) is 3. The first kappa shape index (κ1) is 30.4. The lowest BCUT2D eigenvalue weighted by Gasteiger charge is -2.34. The lowest BCUT2D eigenvalue weighted by molar-refractivity contribution is 1.18. The van der Waals surface area contributed by atoms with Crippen molar-refractivity contribution in [3.8, 4) is 35.0 Å². The Labute approximate surface area is 291 Å². The van der Waals surface area contributed by atoms with Crippen molar-refractivity contribution in [2.45, 2.75) is 0 Å². The van der Waals surface area contributed by atoms with Crippen LogP contribution in [0.2, 0.25) is 0 Å². The van der Waals surface area contributed by atoms with Crippen LogP contribution in [0.5, 0.6) is 0 Å². The van der Waals surface area contributed by atoms with Crippen LogP contribution in [0.15, 0.2) is 170 Å². The van der Waals surface area contributed by atoms with Gasteiger partial charge in [-0.15, -0.1) is 0 Å². The van der Waals surface area contributed by atoms with Gasteiger partial charge in [-0.3, -0.25) is 0 Å². The van der Waals surface area contributed by atoms with Crippen LogP contribution < -0.4 is 20.7 Å². The van der Waals surface area contributed by atoms with Crippen molar-refractivity contribution in [2.24, 2.45) is 0 Å². The van der Waals surface area contributed by atoms with Crippen LogP contribution in [0.3, 0.4) is 0 Å². The SMILES string of the molecule is N#Cc1ccc(-n2c3ccc(C#N)cc3c3cc(C#N)ccc32)c(-c2cccc([Si](c3ccccc3)(c3ccccc3)c3ccccc3)c2)c1. The average Bonchev–Trinajstić information content (AvgIpc) is 3.52. The Bertz CT molecular complexity index is 2510. The van der Waals surface area contributed by atoms with Gasteiger partial charge in [0, 0.05) is 16.3 Å². The maximum Gasteiger partial charge on any atom is 0.179 e. The minimum Gasteiger partial charge on any atom is -0.309 e. The fourth-order valence-electron chi connectivity index (χ4n) is 7.44. The molecule has 0 aliphatic rings. The summed E-state index contributed by atoms with van der Waals surface area (Å²) in [5.74, 6) is 0. The Kier molecular flexibility index (Phi) is 7.63. The minimum absolute atomic E-state index is 0.552. The van der Waals surface area contributed by atoms with Gasteiger partial charge < -0.3 is 4.57 Å². The highest BCUT2D eigenvalue weighted by Gasteiger charge is 2.41. The summed E-state index contributed by atoms with van der Waals surface area (Å²) < 4.78 is 2.19. The summed E-state index contributed by atoms with van der Waals surface area (Å²) in [5, 5.41) is 36.5. The van der Waals surface area contributed by atoms with E-state index in [1.807, 2.05) is 54.6 Å². The number of benzene rings is 7. The van der Waals surface area contributed by atoms with E-state index in [1.165, 1.54) is 20.7 Å². The first-order valence-corrected chi connectivity index (χ1v) is 18.4. The normalized spacial score (nSPS) is 11.1. The van der Waals surface area contributed by atoms with Gasteiger partial charge in [-0.2, -0.15) is 15.8 Å². The lowest BCUT2D eigenvalue weighted by Crippen LogP contribution is -2.74. The van der Waals surface area contributed by atoms with Gasteiger partial charge in [0.1, 0.15) is 0 Å². The maximum absolute atomic E-state index is 10.1. The molecule has 0 bridgehead atoms. The van der Waals surface area contributed by atoms with E-state index in [0.717, 1.165) is 38.6 Å². The number of nitrogens with zero attached hydrogens (tertiary/aromatic N) is 4. The molecule has 0 spiro atoms. The Morgan fingerprint density at radius 3 is 1.32 bits per heavy atom. The monoisotopic (exact) mass is 652 g/mol. The Hall–Kier alpha value is -6.97. The molecule has 0 atom stereocenters. The molecule has 7 aromatic carbocycles. The molecule has 8 rings (SSSR count). The predicted molar refractivity (Wildman–Crippen MR) is 204 cm³/mol. The topological polar surface area (TPSA) is 76.3 Å². The van der Waals surface area contributed by atoms with Crippen molar-refractivity contribution in [2.75, 3.05) is 0 Å². The van der Waals surface area contributed by atoms with E-state index in [-0.39, 0.29) is 0 Å². The van der Waals surface area contributed by atoms with Crippen LogP contribution in [0, 0.1) is 34.0 Å². The zero-order chi connectivity index (χ0) is 34.1. The average molecular weight is 653 g/mol. The molecule has 0 N–H and O–H groups in total. The van der Waals surface area contributed by atoms with Gasteiger partial charge in [0.25, 0.3) is 0 Å². The van der Waals surface area contributed by atoms with Gasteiger partial charge in [-0.25, -0.2) is 0 Å². The molecule has 0 unspecified atom stereocenters. The van der Waals surface area contributed by atoms with Crippen LogP contribution in [0.25, 0.3) is 38.6 Å². The smallest absolute Gasteiger partial charge is 0.179 e. The second-order valence-corrected chi connectivity index (χ2v) is 16.1. The number of fused-ring (bicyclic) bond motifs is 3. The van der Waals surface area contributed by atoms with Gasteiger partial charge in [0.15, 0.2) is 8.07 Å². The zero-order valence-electron chi connectivity index (χ0n) is 27.0. The van der Waals surface area contributed by atoms with Gasteiger partial charge in [-0.1, -0.05) is 115 Å². The maximum atomic E-state index is 10.1. The predicted octanol–water partition coefficient (Wildman–Crippen LogP) is 7.44. The van der Waals surface area contributed by atoms with Crippen molar-refractivity contribution in [3.63, 3.8) is 0 Å². The summed E-state index contributed by atoms with van der Waals surface area (Å²) in [5.41, 5.74) is 6.30. The van der Waals surface area contributed by atoms with Crippen LogP contribution in [0.4, 0.5) is 0 Å². The fourth-order valence-corrected chi connectivity index (χ4v) is 12.2. The molecule has 0 aliphatic carbocycles. The third kappa shape index (κ3) is 4.88. The molecule has 0 fully saturated rings. The minimum atomic E-state index is -2.81. The molecule has 232 valence electrons. The molecule has 8 aromatic rings. The summed E-state index contributed by atoms with van der Waals surface area (Å²) in [4.78, 5) is 0. The van der Waals surface area contributed by atoms with Crippen molar-refractivity contribution in [3.05, 3.63) is 187 Å². The van der Waals surface area contributed by atoms with Crippen LogP contribution in [0.1, 0.15) is 16.7 Å². The molecule has 50 heavy (non-hydrogen) atoms. The van der Waals surface area contributed by atoms with Crippen molar-refractivity contribution in [1.82, 2.24) is 4.57 Å². The van der Waals surface area contributed by atoms with Gasteiger partial charge in [0.05, 0.1) is 51.6 Å². The molecule has 0 radical (unpaired) electrons. The Balaban J connectivity index is 1.44. The first-order chi connectivity index (χ1) is 24.6. The highest BCUT2D eigenvalue weighted by molar-refractivity contribution is 7.19. The van der Waals surface area contributed by atoms with Crippen molar-refractivity contribution < 1.29 is 0 Å². The Morgan fingerprint density at radius 1 is 0.400 bits per heavy atom. The molecule has 4 nitrogen and oxygen atoms in total. The third-order valence-electron chi connectivity index (χ3n) is 9.62. The standard InChI is InChI=1S/C45H28N4Si/c46-29-32-19-22-43(49-44-23-20-33(30-47)26-41(44)42-27-34(31-48)21-24-45(42)49)40(25-32)35-11-10-18-39(28-35)50(36-12-4-1-5-13-36,37-14-6-2-7-15-37)38-16-8-3-9-17-38/h1-28H. The number of nitriles is 3. The quantitative estimate of drug-likeness (QED) is 0.138. The highest BCUT2D eigenvalue weighted by Crippen LogP contribution is 2.37. The lowest BCUT2D eigenvalue weighted by atomic mass is 10.0. The zero-order valence-corrected chi connectivity index (χ0v) is 28.0. The molecule has 1 aromatic heterocycles. The van der Waals surface area contributed by atoms with Crippen LogP contribution >= 0.6 is 0 Å². The molecular formula is C45H28N4Si. The van der Waals surface area contributed by atoms with Crippen LogP contribution in [-0.4, -0.2) is 12.6 Å². The second-order valence-electron chi connectivity index (χ2n) is 12.3. The largest absolute Gasteiger partial charge is 0.309 e. The first-order valence-electron chi connectivity index (χ1n) is 16.4. The van der Waals surface area contributed by atoms with E-state index < -0.39 is 8.07 Å². The summed E-state index contributed by atoms with van der Waals surface area (Å²) in [6.45, 7) is 0. The molecule has 0 amide bonds. The van der Waals surface area contributed by atoms with Gasteiger partial charge >= 0.3 is 0 Å². The Morgan fingerprint density at radius 2 is 0.840 bits per heavy atom. The number of rotatable bonds is 6. The third-order valence-corrected chi connectivity index (χ3v) is 14.4.